The Balaban J connectivity index is 1.38. The molecule has 1 fully saturated rings. The standard InChI is InChI=1S/C26H33N5O3/c1-26(2,3)34-25(32)31-15-13-19(14-16-31)30-24-22(23(27)28-17-29-24)18-9-11-21(12-10-18)33-20-7-5-4-6-8-20/h4-12,19,22H,13-17H2,1-3H3,(H2,27,28)(H,29,30). The van der Waals surface area contributed by atoms with Crippen LogP contribution in [0.15, 0.2) is 64.6 Å². The molecule has 0 spiro atoms. The summed E-state index contributed by atoms with van der Waals surface area (Å²) in [4.78, 5) is 23.1. The number of piperidine rings is 1. The molecule has 1 unspecified atom stereocenters. The molecule has 2 aromatic rings. The highest BCUT2D eigenvalue weighted by atomic mass is 16.6. The Bertz CT molecular complexity index is 1040. The van der Waals surface area contributed by atoms with Gasteiger partial charge in [-0.2, -0.15) is 0 Å². The molecule has 1 amide bonds. The lowest BCUT2D eigenvalue weighted by molar-refractivity contribution is 0.0202. The average Bonchev–Trinajstić information content (AvgIpc) is 2.80. The van der Waals surface area contributed by atoms with Crippen LogP contribution in [0.5, 0.6) is 11.5 Å². The number of hydrogen-bond donors (Lipinski definition) is 2. The second-order valence-electron chi connectivity index (χ2n) is 9.57. The van der Waals surface area contributed by atoms with Gasteiger partial charge in [-0.25, -0.2) is 14.8 Å². The third kappa shape index (κ3) is 6.07. The predicted octanol–water partition coefficient (Wildman–Crippen LogP) is 4.28. The molecule has 180 valence electrons. The number of carbonyl (C=O) groups excluding carboxylic acids is 1. The van der Waals surface area contributed by atoms with E-state index in [4.69, 9.17) is 15.2 Å². The summed E-state index contributed by atoms with van der Waals surface area (Å²) in [5, 5.41) is 3.58. The van der Waals surface area contributed by atoms with Crippen molar-refractivity contribution >= 4 is 17.8 Å². The summed E-state index contributed by atoms with van der Waals surface area (Å²) >= 11 is 0. The first-order chi connectivity index (χ1) is 16.3. The topological polar surface area (TPSA) is 102 Å². The van der Waals surface area contributed by atoms with E-state index in [0.29, 0.717) is 25.6 Å². The van der Waals surface area contributed by atoms with Crippen molar-refractivity contribution in [1.29, 1.82) is 0 Å². The average molecular weight is 464 g/mol. The Labute approximate surface area is 200 Å². The number of para-hydroxylation sites is 1. The van der Waals surface area contributed by atoms with Crippen LogP contribution < -0.4 is 15.8 Å². The molecule has 1 saturated heterocycles. The van der Waals surface area contributed by atoms with Crippen molar-refractivity contribution in [1.82, 2.24) is 10.2 Å². The van der Waals surface area contributed by atoms with E-state index in [1.165, 1.54) is 0 Å². The number of nitrogens with two attached hydrogens (primary N) is 1. The zero-order valence-electron chi connectivity index (χ0n) is 20.0. The Morgan fingerprint density at radius 2 is 1.65 bits per heavy atom. The Kier molecular flexibility index (Phi) is 7.05. The lowest BCUT2D eigenvalue weighted by Gasteiger charge is -2.35. The highest BCUT2D eigenvalue weighted by Gasteiger charge is 2.30. The van der Waals surface area contributed by atoms with Gasteiger partial charge in [0.2, 0.25) is 0 Å². The normalized spacial score (nSPS) is 19.1. The summed E-state index contributed by atoms with van der Waals surface area (Å²) in [7, 11) is 0. The molecule has 0 saturated carbocycles. The summed E-state index contributed by atoms with van der Waals surface area (Å²) < 4.78 is 11.4. The first-order valence-corrected chi connectivity index (χ1v) is 11.7. The third-order valence-electron chi connectivity index (χ3n) is 5.75. The molecule has 8 heteroatoms. The van der Waals surface area contributed by atoms with Crippen LogP contribution in [-0.2, 0) is 4.74 Å². The number of nitrogens with zero attached hydrogens (tertiary/aromatic N) is 3. The van der Waals surface area contributed by atoms with Crippen LogP contribution in [0.25, 0.3) is 0 Å². The van der Waals surface area contributed by atoms with Crippen LogP contribution in [0.1, 0.15) is 45.1 Å². The van der Waals surface area contributed by atoms with Crippen molar-refractivity contribution in [2.75, 3.05) is 19.8 Å². The molecule has 8 nitrogen and oxygen atoms in total. The number of hydrogen-bond acceptors (Lipinski definition) is 7. The summed E-state index contributed by atoms with van der Waals surface area (Å²) in [6, 6.07) is 17.7. The molecule has 0 bridgehead atoms. The molecule has 2 aliphatic heterocycles. The molecule has 0 aliphatic carbocycles. The fraction of sp³-hybridized carbons (Fsp3) is 0.423. The molecule has 34 heavy (non-hydrogen) atoms. The fourth-order valence-corrected chi connectivity index (χ4v) is 4.07. The fourth-order valence-electron chi connectivity index (χ4n) is 4.07. The van der Waals surface area contributed by atoms with Gasteiger partial charge in [-0.1, -0.05) is 30.3 Å². The van der Waals surface area contributed by atoms with Gasteiger partial charge in [-0.15, -0.1) is 0 Å². The van der Waals surface area contributed by atoms with E-state index in [1.807, 2.05) is 75.4 Å². The smallest absolute Gasteiger partial charge is 0.410 e. The molecule has 0 aromatic heterocycles. The van der Waals surface area contributed by atoms with E-state index >= 15 is 0 Å². The maximum atomic E-state index is 12.4. The molecule has 2 aliphatic rings. The number of amides is 1. The van der Waals surface area contributed by atoms with E-state index in [1.54, 1.807) is 4.90 Å². The van der Waals surface area contributed by atoms with Crippen LogP contribution in [-0.4, -0.2) is 54.1 Å². The van der Waals surface area contributed by atoms with Crippen molar-refractivity contribution in [2.45, 2.75) is 51.2 Å². The predicted molar refractivity (Wildman–Crippen MR) is 134 cm³/mol. The Morgan fingerprint density at radius 1 is 1.00 bits per heavy atom. The van der Waals surface area contributed by atoms with Gasteiger partial charge in [0.1, 0.15) is 35.4 Å². The van der Waals surface area contributed by atoms with Crippen molar-refractivity contribution < 1.29 is 14.3 Å². The molecular formula is C26H33N5O3. The number of aliphatic imine (C=N–C) groups is 2. The number of likely N-dealkylation sites (tertiary alicyclic amines) is 1. The molecule has 2 heterocycles. The molecular weight excluding hydrogens is 430 g/mol. The van der Waals surface area contributed by atoms with E-state index in [2.05, 4.69) is 15.3 Å². The number of benzene rings is 2. The van der Waals surface area contributed by atoms with Crippen molar-refractivity contribution in [3.63, 3.8) is 0 Å². The highest BCUT2D eigenvalue weighted by molar-refractivity contribution is 6.11. The van der Waals surface area contributed by atoms with E-state index in [0.717, 1.165) is 35.7 Å². The van der Waals surface area contributed by atoms with Crippen molar-refractivity contribution in [2.24, 2.45) is 15.7 Å². The van der Waals surface area contributed by atoms with Crippen LogP contribution in [0.4, 0.5) is 4.79 Å². The number of nitrogens with one attached hydrogen (secondary N) is 1. The quantitative estimate of drug-likeness (QED) is 0.705. The number of rotatable bonds is 4. The first-order valence-electron chi connectivity index (χ1n) is 11.7. The lowest BCUT2D eigenvalue weighted by Crippen LogP contribution is -2.50. The molecule has 1 atom stereocenters. The number of ether oxygens (including phenoxy) is 2. The largest absolute Gasteiger partial charge is 0.457 e. The van der Waals surface area contributed by atoms with Crippen LogP contribution in [0.2, 0.25) is 0 Å². The van der Waals surface area contributed by atoms with Gasteiger partial charge in [0, 0.05) is 19.1 Å². The maximum absolute atomic E-state index is 12.4. The molecule has 2 aromatic carbocycles. The summed E-state index contributed by atoms with van der Waals surface area (Å²) in [6.45, 7) is 7.24. The monoisotopic (exact) mass is 463 g/mol. The van der Waals surface area contributed by atoms with Gasteiger partial charge in [0.15, 0.2) is 0 Å². The van der Waals surface area contributed by atoms with E-state index < -0.39 is 5.60 Å². The van der Waals surface area contributed by atoms with Gasteiger partial charge >= 0.3 is 6.09 Å². The van der Waals surface area contributed by atoms with Crippen LogP contribution >= 0.6 is 0 Å². The minimum Gasteiger partial charge on any atom is -0.457 e. The summed E-state index contributed by atoms with van der Waals surface area (Å²) in [5.41, 5.74) is 6.82. The maximum Gasteiger partial charge on any atom is 0.410 e. The molecule has 0 radical (unpaired) electrons. The SMILES string of the molecule is CC(C)(C)OC(=O)N1CCC(NC2=NCN=C(N)C2c2ccc(Oc3ccccc3)cc2)CC1. The van der Waals surface area contributed by atoms with Gasteiger partial charge in [0.05, 0.1) is 5.92 Å². The minimum absolute atomic E-state index is 0.200. The zero-order chi connectivity index (χ0) is 24.1. The highest BCUT2D eigenvalue weighted by Crippen LogP contribution is 2.26. The minimum atomic E-state index is -0.491. The Morgan fingerprint density at radius 3 is 2.29 bits per heavy atom. The van der Waals surface area contributed by atoms with Crippen LogP contribution in [0.3, 0.4) is 0 Å². The van der Waals surface area contributed by atoms with Crippen molar-refractivity contribution in [3.8, 4) is 11.5 Å². The van der Waals surface area contributed by atoms with E-state index in [-0.39, 0.29) is 18.1 Å². The lowest BCUT2D eigenvalue weighted by atomic mass is 9.94. The van der Waals surface area contributed by atoms with Gasteiger partial charge in [-0.3, -0.25) is 0 Å². The summed E-state index contributed by atoms with van der Waals surface area (Å²) in [6.07, 6.45) is 1.37. The zero-order valence-corrected chi connectivity index (χ0v) is 20.0. The third-order valence-corrected chi connectivity index (χ3v) is 5.75. The van der Waals surface area contributed by atoms with E-state index in [9.17, 15) is 4.79 Å². The Hall–Kier alpha value is -3.55. The first kappa shape index (κ1) is 23.6. The van der Waals surface area contributed by atoms with Gasteiger partial charge in [0.25, 0.3) is 0 Å². The molecule has 4 rings (SSSR count). The second kappa shape index (κ2) is 10.2. The number of carbonyl (C=O) groups is 1. The van der Waals surface area contributed by atoms with Gasteiger partial charge < -0.3 is 25.4 Å². The van der Waals surface area contributed by atoms with Gasteiger partial charge in [-0.05, 0) is 63.4 Å². The second-order valence-corrected chi connectivity index (χ2v) is 9.57. The van der Waals surface area contributed by atoms with Crippen molar-refractivity contribution in [3.05, 3.63) is 60.2 Å². The summed E-state index contributed by atoms with van der Waals surface area (Å²) in [5.74, 6) is 2.67. The van der Waals surface area contributed by atoms with Crippen LogP contribution in [0, 0.1) is 0 Å². The number of amidine groups is 2. The molecule has 3 N–H and O–H groups in total.